The van der Waals surface area contributed by atoms with Crippen LogP contribution in [-0.2, 0) is 4.79 Å². The maximum atomic E-state index is 13.3. The summed E-state index contributed by atoms with van der Waals surface area (Å²) in [5.41, 5.74) is 0. The molecule has 134 valence electrons. The number of aromatic nitrogens is 1. The number of anilines is 1. The molecule has 1 aromatic heterocycles. The van der Waals surface area contributed by atoms with Crippen molar-refractivity contribution in [3.63, 3.8) is 0 Å². The van der Waals surface area contributed by atoms with Crippen LogP contribution in [0.2, 0.25) is 0 Å². The van der Waals surface area contributed by atoms with E-state index >= 15 is 0 Å². The van der Waals surface area contributed by atoms with E-state index in [4.69, 9.17) is 0 Å². The molecule has 5 nitrogen and oxygen atoms in total. The van der Waals surface area contributed by atoms with Gasteiger partial charge in [-0.2, -0.15) is 0 Å². The summed E-state index contributed by atoms with van der Waals surface area (Å²) in [4.78, 5) is 24.6. The lowest BCUT2D eigenvalue weighted by Crippen LogP contribution is -2.56. The second-order valence-corrected chi connectivity index (χ2v) is 7.83. The molecular formula is C18H30N4OS. The van der Waals surface area contributed by atoms with Crippen LogP contribution in [0, 0.1) is 0 Å². The third-order valence-corrected chi connectivity index (χ3v) is 6.33. The Labute approximate surface area is 149 Å². The van der Waals surface area contributed by atoms with Gasteiger partial charge in [0.05, 0.1) is 6.04 Å². The number of thiazole rings is 1. The van der Waals surface area contributed by atoms with Crippen molar-refractivity contribution < 1.29 is 4.79 Å². The van der Waals surface area contributed by atoms with Crippen molar-refractivity contribution in [1.29, 1.82) is 0 Å². The Hall–Kier alpha value is -0.980. The average Bonchev–Trinajstić information content (AvgIpc) is 3.16. The van der Waals surface area contributed by atoms with Crippen LogP contribution in [0.5, 0.6) is 0 Å². The molecular weight excluding hydrogens is 320 g/mol. The van der Waals surface area contributed by atoms with Crippen LogP contribution < -0.4 is 4.90 Å². The Morgan fingerprint density at radius 1 is 1.29 bits per heavy atom. The number of likely N-dealkylation sites (N-methyl/N-ethyl adjacent to an activating group) is 1. The topological polar surface area (TPSA) is 39.7 Å². The van der Waals surface area contributed by atoms with Gasteiger partial charge >= 0.3 is 0 Å². The van der Waals surface area contributed by atoms with Gasteiger partial charge in [0.1, 0.15) is 0 Å². The molecule has 1 atom stereocenters. The van der Waals surface area contributed by atoms with Crippen LogP contribution in [0.4, 0.5) is 5.13 Å². The first-order chi connectivity index (χ1) is 11.7. The van der Waals surface area contributed by atoms with Gasteiger partial charge in [-0.1, -0.05) is 26.2 Å². The van der Waals surface area contributed by atoms with E-state index in [1.54, 1.807) is 11.3 Å². The molecule has 1 amide bonds. The average molecular weight is 351 g/mol. The van der Waals surface area contributed by atoms with Crippen LogP contribution in [0.15, 0.2) is 11.6 Å². The zero-order chi connectivity index (χ0) is 16.9. The summed E-state index contributed by atoms with van der Waals surface area (Å²) in [7, 11) is 0. The first-order valence-corrected chi connectivity index (χ1v) is 10.3. The van der Waals surface area contributed by atoms with Gasteiger partial charge in [0.2, 0.25) is 5.91 Å². The van der Waals surface area contributed by atoms with E-state index in [1.165, 1.54) is 19.3 Å². The summed E-state index contributed by atoms with van der Waals surface area (Å²) in [6.45, 7) is 9.48. The maximum absolute atomic E-state index is 13.3. The Morgan fingerprint density at radius 2 is 2.00 bits per heavy atom. The number of carbonyl (C=O) groups is 1. The molecule has 0 radical (unpaired) electrons. The van der Waals surface area contributed by atoms with Crippen molar-refractivity contribution in [2.24, 2.45) is 0 Å². The second-order valence-electron chi connectivity index (χ2n) is 6.96. The number of hydrogen-bond acceptors (Lipinski definition) is 5. The van der Waals surface area contributed by atoms with Crippen LogP contribution in [-0.4, -0.2) is 65.5 Å². The van der Waals surface area contributed by atoms with Gasteiger partial charge in [-0.25, -0.2) is 4.98 Å². The summed E-state index contributed by atoms with van der Waals surface area (Å²) in [6.07, 6.45) is 7.79. The minimum atomic E-state index is -0.0603. The van der Waals surface area contributed by atoms with E-state index in [9.17, 15) is 4.79 Å². The molecule has 1 aliphatic heterocycles. The van der Waals surface area contributed by atoms with E-state index in [0.717, 1.165) is 50.7 Å². The molecule has 1 saturated carbocycles. The minimum Gasteiger partial charge on any atom is -0.301 e. The molecule has 24 heavy (non-hydrogen) atoms. The third-order valence-electron chi connectivity index (χ3n) is 5.56. The Kier molecular flexibility index (Phi) is 6.25. The molecule has 2 aliphatic rings. The van der Waals surface area contributed by atoms with Crippen LogP contribution >= 0.6 is 11.3 Å². The molecule has 0 N–H and O–H groups in total. The zero-order valence-electron chi connectivity index (χ0n) is 15.0. The van der Waals surface area contributed by atoms with Gasteiger partial charge in [0.15, 0.2) is 5.13 Å². The number of amides is 1. The second kappa shape index (κ2) is 8.41. The van der Waals surface area contributed by atoms with Gasteiger partial charge in [0.25, 0.3) is 0 Å². The summed E-state index contributed by atoms with van der Waals surface area (Å²) >= 11 is 1.59. The Balaban J connectivity index is 1.71. The van der Waals surface area contributed by atoms with E-state index in [2.05, 4.69) is 28.6 Å². The molecule has 1 aliphatic carbocycles. The van der Waals surface area contributed by atoms with Crippen LogP contribution in [0.1, 0.15) is 46.0 Å². The van der Waals surface area contributed by atoms with Gasteiger partial charge in [-0.05, 0) is 26.3 Å². The largest absolute Gasteiger partial charge is 0.301 e. The van der Waals surface area contributed by atoms with Crippen molar-refractivity contribution in [1.82, 2.24) is 14.8 Å². The van der Waals surface area contributed by atoms with Crippen LogP contribution in [0.25, 0.3) is 0 Å². The number of rotatable bonds is 5. The first-order valence-electron chi connectivity index (χ1n) is 9.39. The molecule has 0 spiro atoms. The summed E-state index contributed by atoms with van der Waals surface area (Å²) < 4.78 is 0. The Bertz CT molecular complexity index is 507. The molecule has 6 heteroatoms. The van der Waals surface area contributed by atoms with E-state index in [0.29, 0.717) is 6.04 Å². The van der Waals surface area contributed by atoms with Gasteiger partial charge in [-0.3, -0.25) is 14.6 Å². The summed E-state index contributed by atoms with van der Waals surface area (Å²) in [5.74, 6) is 0.238. The van der Waals surface area contributed by atoms with Gasteiger partial charge in [0, 0.05) is 43.8 Å². The smallest absolute Gasteiger partial charge is 0.246 e. The molecule has 3 rings (SSSR count). The standard InChI is InChI=1S/C18H30N4OS/c1-3-20-10-12-21(13-11-20)15(2)17(23)22(18-19-9-14-24-18)16-7-5-4-6-8-16/h9,14-16H,3-8,10-13H2,1-2H3. The lowest BCUT2D eigenvalue weighted by molar-refractivity contribution is -0.124. The molecule has 1 aromatic rings. The van der Waals surface area contributed by atoms with Gasteiger partial charge in [-0.15, -0.1) is 11.3 Å². The highest BCUT2D eigenvalue weighted by atomic mass is 32.1. The molecule has 1 unspecified atom stereocenters. The highest BCUT2D eigenvalue weighted by Gasteiger charge is 2.34. The highest BCUT2D eigenvalue weighted by molar-refractivity contribution is 7.13. The zero-order valence-corrected chi connectivity index (χ0v) is 15.8. The fourth-order valence-electron chi connectivity index (χ4n) is 3.93. The summed E-state index contributed by atoms with van der Waals surface area (Å²) in [5, 5.41) is 2.86. The molecule has 2 fully saturated rings. The fraction of sp³-hybridized carbons (Fsp3) is 0.778. The third kappa shape index (κ3) is 3.98. The first kappa shape index (κ1) is 17.8. The van der Waals surface area contributed by atoms with Crippen molar-refractivity contribution in [2.45, 2.75) is 58.0 Å². The van der Waals surface area contributed by atoms with E-state index in [1.807, 2.05) is 16.5 Å². The summed E-state index contributed by atoms with van der Waals surface area (Å²) in [6, 6.07) is 0.270. The van der Waals surface area contributed by atoms with Crippen LogP contribution in [0.3, 0.4) is 0 Å². The Morgan fingerprint density at radius 3 is 2.58 bits per heavy atom. The van der Waals surface area contributed by atoms with Crippen molar-refractivity contribution >= 4 is 22.4 Å². The monoisotopic (exact) mass is 350 g/mol. The maximum Gasteiger partial charge on any atom is 0.246 e. The predicted octanol–water partition coefficient (Wildman–Crippen LogP) is 2.83. The minimum absolute atomic E-state index is 0.0603. The molecule has 1 saturated heterocycles. The van der Waals surface area contributed by atoms with Crippen molar-refractivity contribution in [3.8, 4) is 0 Å². The lowest BCUT2D eigenvalue weighted by atomic mass is 9.94. The lowest BCUT2D eigenvalue weighted by Gasteiger charge is -2.40. The number of piperazine rings is 1. The van der Waals surface area contributed by atoms with E-state index in [-0.39, 0.29) is 11.9 Å². The normalized spacial score (nSPS) is 22.4. The number of carbonyl (C=O) groups excluding carboxylic acids is 1. The number of nitrogens with zero attached hydrogens (tertiary/aromatic N) is 4. The molecule has 2 heterocycles. The molecule has 0 bridgehead atoms. The van der Waals surface area contributed by atoms with Crippen molar-refractivity contribution in [2.75, 3.05) is 37.6 Å². The predicted molar refractivity (Wildman–Crippen MR) is 99.6 cm³/mol. The molecule has 0 aromatic carbocycles. The highest BCUT2D eigenvalue weighted by Crippen LogP contribution is 2.30. The quantitative estimate of drug-likeness (QED) is 0.819. The number of hydrogen-bond donors (Lipinski definition) is 0. The van der Waals surface area contributed by atoms with Gasteiger partial charge < -0.3 is 4.90 Å². The van der Waals surface area contributed by atoms with E-state index < -0.39 is 0 Å². The fourth-order valence-corrected chi connectivity index (χ4v) is 4.65. The SMILES string of the molecule is CCN1CCN(C(C)C(=O)N(c2nccs2)C2CCCCC2)CC1. The van der Waals surface area contributed by atoms with Crippen molar-refractivity contribution in [3.05, 3.63) is 11.6 Å².